The number of likely N-dealkylation sites (tertiary alicyclic amines) is 1. The quantitative estimate of drug-likeness (QED) is 0.832. The zero-order chi connectivity index (χ0) is 18.3. The lowest BCUT2D eigenvalue weighted by Crippen LogP contribution is -2.59. The third-order valence-corrected chi connectivity index (χ3v) is 6.10. The minimum absolute atomic E-state index is 0.260. The molecular weight excluding hydrogens is 336 g/mol. The van der Waals surface area contributed by atoms with Gasteiger partial charge in [-0.15, -0.1) is 0 Å². The molecule has 1 aromatic carbocycles. The average Bonchev–Trinajstić information content (AvgIpc) is 3.18. The number of benzene rings is 1. The summed E-state index contributed by atoms with van der Waals surface area (Å²) in [5, 5.41) is 7.39. The number of pyridine rings is 1. The zero-order valence-corrected chi connectivity index (χ0v) is 15.8. The van der Waals surface area contributed by atoms with Crippen molar-refractivity contribution in [2.24, 2.45) is 5.10 Å². The summed E-state index contributed by atoms with van der Waals surface area (Å²) in [6, 6.07) is 12.9. The first kappa shape index (κ1) is 16.8. The monoisotopic (exact) mass is 362 g/mol. The largest absolute Gasteiger partial charge is 0.466 e. The van der Waals surface area contributed by atoms with Gasteiger partial charge in [-0.3, -0.25) is 4.98 Å². The van der Waals surface area contributed by atoms with Crippen LogP contribution in [0.25, 0.3) is 0 Å². The van der Waals surface area contributed by atoms with Crippen LogP contribution in [0.5, 0.6) is 5.75 Å². The molecule has 1 saturated heterocycles. The van der Waals surface area contributed by atoms with E-state index in [1.54, 1.807) is 0 Å². The summed E-state index contributed by atoms with van der Waals surface area (Å²) in [5.41, 5.74) is 3.23. The number of nitrogens with zero attached hydrogens (tertiary/aromatic N) is 4. The van der Waals surface area contributed by atoms with E-state index >= 15 is 0 Å². The van der Waals surface area contributed by atoms with E-state index in [0.29, 0.717) is 0 Å². The van der Waals surface area contributed by atoms with E-state index in [-0.39, 0.29) is 11.8 Å². The third kappa shape index (κ3) is 2.81. The number of hydrogen-bond acceptors (Lipinski definition) is 5. The topological polar surface area (TPSA) is 41.0 Å². The number of rotatable bonds is 3. The van der Waals surface area contributed by atoms with Gasteiger partial charge in [-0.2, -0.15) is 5.10 Å². The number of hydrazone groups is 1. The number of fused-ring (bicyclic) bond motifs is 4. The molecule has 1 atom stereocenters. The predicted octanol–water partition coefficient (Wildman–Crippen LogP) is 3.83. The Kier molecular flexibility index (Phi) is 4.12. The van der Waals surface area contributed by atoms with Gasteiger partial charge >= 0.3 is 0 Å². The van der Waals surface area contributed by atoms with Crippen molar-refractivity contribution in [1.82, 2.24) is 14.9 Å². The number of hydrogen-bond donors (Lipinski definition) is 0. The molecule has 140 valence electrons. The summed E-state index contributed by atoms with van der Waals surface area (Å²) in [5.74, 6) is 1.04. The normalized spacial score (nSPS) is 23.5. The van der Waals surface area contributed by atoms with Gasteiger partial charge < -0.3 is 9.64 Å². The van der Waals surface area contributed by atoms with E-state index in [2.05, 4.69) is 58.2 Å². The van der Waals surface area contributed by atoms with Gasteiger partial charge in [0.05, 0.1) is 11.8 Å². The smallest absolute Gasteiger partial charge is 0.200 e. The highest BCUT2D eigenvalue weighted by molar-refractivity contribution is 6.01. The van der Waals surface area contributed by atoms with Gasteiger partial charge in [0.15, 0.2) is 0 Å². The second-order valence-electron chi connectivity index (χ2n) is 7.77. The molecule has 5 nitrogen and oxygen atoms in total. The zero-order valence-electron chi connectivity index (χ0n) is 15.8. The van der Waals surface area contributed by atoms with Gasteiger partial charge in [-0.1, -0.05) is 25.1 Å². The molecule has 0 unspecified atom stereocenters. The highest BCUT2D eigenvalue weighted by Gasteiger charge is 2.51. The lowest BCUT2D eigenvalue weighted by Gasteiger charge is -2.51. The predicted molar refractivity (Wildman–Crippen MR) is 106 cm³/mol. The van der Waals surface area contributed by atoms with Crippen LogP contribution in [-0.2, 0) is 0 Å². The molecule has 0 amide bonds. The third-order valence-electron chi connectivity index (χ3n) is 6.10. The molecule has 1 spiro atoms. The summed E-state index contributed by atoms with van der Waals surface area (Å²) >= 11 is 0. The Morgan fingerprint density at radius 3 is 2.67 bits per heavy atom. The summed E-state index contributed by atoms with van der Waals surface area (Å²) in [6.45, 7) is 5.56. The van der Waals surface area contributed by atoms with E-state index in [0.717, 1.165) is 49.4 Å². The van der Waals surface area contributed by atoms with E-state index < -0.39 is 0 Å². The maximum absolute atomic E-state index is 6.66. The van der Waals surface area contributed by atoms with Crippen molar-refractivity contribution in [3.63, 3.8) is 0 Å². The Morgan fingerprint density at radius 1 is 1.11 bits per heavy atom. The molecular formula is C22H26N4O. The summed E-state index contributed by atoms with van der Waals surface area (Å²) in [6.07, 6.45) is 7.80. The van der Waals surface area contributed by atoms with Crippen LogP contribution in [0.15, 0.2) is 53.9 Å². The van der Waals surface area contributed by atoms with Crippen LogP contribution >= 0.6 is 0 Å². The molecule has 27 heavy (non-hydrogen) atoms. The summed E-state index contributed by atoms with van der Waals surface area (Å²) < 4.78 is 6.66. The molecule has 2 aromatic rings. The molecule has 0 aliphatic carbocycles. The van der Waals surface area contributed by atoms with Gasteiger partial charge in [-0.25, -0.2) is 5.01 Å². The molecule has 3 aliphatic heterocycles. The number of ether oxygens (including phenoxy) is 1. The molecule has 4 heterocycles. The molecule has 3 aliphatic rings. The second-order valence-corrected chi connectivity index (χ2v) is 7.77. The Morgan fingerprint density at radius 2 is 1.89 bits per heavy atom. The summed E-state index contributed by atoms with van der Waals surface area (Å²) in [7, 11) is 0. The molecule has 5 rings (SSSR count). The van der Waals surface area contributed by atoms with Crippen LogP contribution in [0.4, 0.5) is 0 Å². The fourth-order valence-electron chi connectivity index (χ4n) is 4.72. The Balaban J connectivity index is 1.51. The molecule has 5 heteroatoms. The van der Waals surface area contributed by atoms with Crippen LogP contribution in [0.1, 0.15) is 49.8 Å². The van der Waals surface area contributed by atoms with Crippen molar-refractivity contribution in [2.75, 3.05) is 19.6 Å². The minimum atomic E-state index is -0.321. The van der Waals surface area contributed by atoms with Crippen LogP contribution in [0.3, 0.4) is 0 Å². The van der Waals surface area contributed by atoms with Gasteiger partial charge in [0, 0.05) is 55.9 Å². The lowest BCUT2D eigenvalue weighted by atomic mass is 9.91. The Hall–Kier alpha value is -2.40. The van der Waals surface area contributed by atoms with Crippen LogP contribution < -0.4 is 4.74 Å². The van der Waals surface area contributed by atoms with Crippen molar-refractivity contribution in [3.8, 4) is 5.75 Å². The SMILES string of the molecule is CCCN1CCC2(CC1)Oc1ccccc1[C@H]1CC(c3ccncc3)=NN12. The van der Waals surface area contributed by atoms with E-state index in [1.165, 1.54) is 18.5 Å². The van der Waals surface area contributed by atoms with E-state index in [9.17, 15) is 0 Å². The first-order valence-corrected chi connectivity index (χ1v) is 10.1. The molecule has 1 fully saturated rings. The number of para-hydroxylation sites is 1. The van der Waals surface area contributed by atoms with E-state index in [1.807, 2.05) is 12.4 Å². The number of aromatic nitrogens is 1. The minimum Gasteiger partial charge on any atom is -0.466 e. The fourth-order valence-corrected chi connectivity index (χ4v) is 4.72. The molecule has 0 bridgehead atoms. The van der Waals surface area contributed by atoms with E-state index in [4.69, 9.17) is 9.84 Å². The second kappa shape index (κ2) is 6.64. The van der Waals surface area contributed by atoms with Crippen molar-refractivity contribution in [3.05, 3.63) is 59.9 Å². The van der Waals surface area contributed by atoms with Gasteiger partial charge in [0.2, 0.25) is 5.72 Å². The van der Waals surface area contributed by atoms with Crippen molar-refractivity contribution >= 4 is 5.71 Å². The van der Waals surface area contributed by atoms with Gasteiger partial charge in [0.1, 0.15) is 5.75 Å². The van der Waals surface area contributed by atoms with Gasteiger partial charge in [0.25, 0.3) is 0 Å². The average molecular weight is 362 g/mol. The maximum Gasteiger partial charge on any atom is 0.200 e. The van der Waals surface area contributed by atoms with Crippen LogP contribution in [-0.4, -0.2) is 46.0 Å². The van der Waals surface area contributed by atoms with Crippen LogP contribution in [0, 0.1) is 0 Å². The molecule has 0 N–H and O–H groups in total. The first-order chi connectivity index (χ1) is 13.3. The lowest BCUT2D eigenvalue weighted by molar-refractivity contribution is -0.149. The Bertz CT molecular complexity index is 842. The maximum atomic E-state index is 6.66. The first-order valence-electron chi connectivity index (χ1n) is 10.1. The Labute approximate surface area is 160 Å². The van der Waals surface area contributed by atoms with Crippen molar-refractivity contribution in [1.29, 1.82) is 0 Å². The number of piperidine rings is 1. The molecule has 0 saturated carbocycles. The van der Waals surface area contributed by atoms with Crippen LogP contribution in [0.2, 0.25) is 0 Å². The highest BCUT2D eigenvalue weighted by atomic mass is 16.5. The van der Waals surface area contributed by atoms with Gasteiger partial charge in [-0.05, 0) is 31.2 Å². The van der Waals surface area contributed by atoms with Crippen molar-refractivity contribution in [2.45, 2.75) is 44.4 Å². The van der Waals surface area contributed by atoms with Crippen molar-refractivity contribution < 1.29 is 4.74 Å². The summed E-state index contributed by atoms with van der Waals surface area (Å²) in [4.78, 5) is 6.70. The fraction of sp³-hybridized carbons (Fsp3) is 0.455. The standard InChI is InChI=1S/C22H26N4O/c1-2-13-25-14-9-22(10-15-25)26-20(18-5-3-4-6-21(18)27-22)16-19(24-26)17-7-11-23-12-8-17/h3-8,11-12,20H,2,9-10,13-16H2,1H3/t20-/m1/s1. The molecule has 1 aromatic heterocycles. The highest BCUT2D eigenvalue weighted by Crippen LogP contribution is 2.49. The molecule has 0 radical (unpaired) electrons.